The third-order valence-corrected chi connectivity index (χ3v) is 4.44. The molecule has 0 bridgehead atoms. The number of hydrogen-bond acceptors (Lipinski definition) is 3. The van der Waals surface area contributed by atoms with Crippen molar-refractivity contribution in [3.63, 3.8) is 0 Å². The van der Waals surface area contributed by atoms with Crippen LogP contribution in [0.25, 0.3) is 0 Å². The number of ether oxygens (including phenoxy) is 1. The highest BCUT2D eigenvalue weighted by atomic mass is 16.5. The summed E-state index contributed by atoms with van der Waals surface area (Å²) in [5.41, 5.74) is 2.24. The van der Waals surface area contributed by atoms with Crippen molar-refractivity contribution in [2.45, 2.75) is 6.92 Å². The maximum Gasteiger partial charge on any atom is 0.262 e. The van der Waals surface area contributed by atoms with Crippen molar-refractivity contribution >= 4 is 23.2 Å². The second-order valence-corrected chi connectivity index (χ2v) is 6.15. The van der Waals surface area contributed by atoms with Crippen molar-refractivity contribution in [2.24, 2.45) is 0 Å². The Morgan fingerprint density at radius 3 is 2.48 bits per heavy atom. The Labute approximate surface area is 157 Å². The van der Waals surface area contributed by atoms with Crippen molar-refractivity contribution in [3.8, 4) is 11.5 Å². The summed E-state index contributed by atoms with van der Waals surface area (Å²) in [6.45, 7) is 2.43. The van der Waals surface area contributed by atoms with Crippen molar-refractivity contribution in [2.75, 3.05) is 16.8 Å². The standard InChI is InChI=1S/C22H18N2O3/c1-2-24-18-10-6-7-11-20(18)27-19-13-12-16(14-17(19)22(24)26)23-21(25)15-8-4-3-5-9-15/h3-14H,2H2,1H3,(H,23,25). The molecule has 2 amide bonds. The number of para-hydroxylation sites is 2. The molecule has 3 aromatic rings. The lowest BCUT2D eigenvalue weighted by molar-refractivity contribution is 0.0985. The number of anilines is 2. The fourth-order valence-electron chi connectivity index (χ4n) is 3.11. The van der Waals surface area contributed by atoms with Crippen LogP contribution in [0.3, 0.4) is 0 Å². The molecule has 1 aliphatic heterocycles. The van der Waals surface area contributed by atoms with Crippen molar-refractivity contribution in [3.05, 3.63) is 83.9 Å². The van der Waals surface area contributed by atoms with E-state index in [1.807, 2.05) is 37.3 Å². The van der Waals surface area contributed by atoms with E-state index in [4.69, 9.17) is 4.74 Å². The highest BCUT2D eigenvalue weighted by Gasteiger charge is 2.27. The van der Waals surface area contributed by atoms with Gasteiger partial charge in [0.15, 0.2) is 5.75 Å². The number of fused-ring (bicyclic) bond motifs is 2. The molecule has 0 unspecified atom stereocenters. The van der Waals surface area contributed by atoms with Gasteiger partial charge in [-0.15, -0.1) is 0 Å². The van der Waals surface area contributed by atoms with Crippen molar-refractivity contribution in [1.29, 1.82) is 0 Å². The normalized spacial score (nSPS) is 12.5. The zero-order valence-corrected chi connectivity index (χ0v) is 14.8. The summed E-state index contributed by atoms with van der Waals surface area (Å²) in [4.78, 5) is 27.1. The van der Waals surface area contributed by atoms with Crippen molar-refractivity contribution < 1.29 is 14.3 Å². The van der Waals surface area contributed by atoms with Crippen LogP contribution in [0.5, 0.6) is 11.5 Å². The average Bonchev–Trinajstić information content (AvgIpc) is 2.82. The van der Waals surface area contributed by atoms with E-state index < -0.39 is 0 Å². The number of hydrogen-bond donors (Lipinski definition) is 1. The Morgan fingerprint density at radius 2 is 1.70 bits per heavy atom. The van der Waals surface area contributed by atoms with E-state index in [0.29, 0.717) is 34.9 Å². The van der Waals surface area contributed by atoms with E-state index >= 15 is 0 Å². The predicted molar refractivity (Wildman–Crippen MR) is 105 cm³/mol. The van der Waals surface area contributed by atoms with Crippen LogP contribution in [0.1, 0.15) is 27.6 Å². The quantitative estimate of drug-likeness (QED) is 0.737. The van der Waals surface area contributed by atoms with E-state index in [0.717, 1.165) is 5.69 Å². The molecule has 5 heteroatoms. The largest absolute Gasteiger partial charge is 0.454 e. The van der Waals surface area contributed by atoms with Gasteiger partial charge in [-0.25, -0.2) is 0 Å². The first kappa shape index (κ1) is 16.8. The molecule has 0 saturated carbocycles. The number of carbonyl (C=O) groups is 2. The summed E-state index contributed by atoms with van der Waals surface area (Å²) >= 11 is 0. The summed E-state index contributed by atoms with van der Waals surface area (Å²) < 4.78 is 5.97. The van der Waals surface area contributed by atoms with Gasteiger partial charge >= 0.3 is 0 Å². The Hall–Kier alpha value is -3.60. The van der Waals surface area contributed by atoms with Crippen LogP contribution < -0.4 is 15.0 Å². The van der Waals surface area contributed by atoms with Crippen LogP contribution in [-0.4, -0.2) is 18.4 Å². The van der Waals surface area contributed by atoms with Crippen LogP contribution in [0, 0.1) is 0 Å². The second kappa shape index (κ2) is 6.96. The Bertz CT molecular complexity index is 1020. The van der Waals surface area contributed by atoms with Gasteiger partial charge in [0.1, 0.15) is 5.75 Å². The predicted octanol–water partition coefficient (Wildman–Crippen LogP) is 4.71. The van der Waals surface area contributed by atoms with Crippen LogP contribution in [0.15, 0.2) is 72.8 Å². The summed E-state index contributed by atoms with van der Waals surface area (Å²) in [5, 5.41) is 2.84. The van der Waals surface area contributed by atoms with Crippen LogP contribution in [0.2, 0.25) is 0 Å². The number of rotatable bonds is 3. The minimum absolute atomic E-state index is 0.159. The molecule has 0 atom stereocenters. The average molecular weight is 358 g/mol. The van der Waals surface area contributed by atoms with Crippen LogP contribution in [0.4, 0.5) is 11.4 Å². The molecule has 134 valence electrons. The number of nitrogens with one attached hydrogen (secondary N) is 1. The lowest BCUT2D eigenvalue weighted by Gasteiger charge is -2.19. The first-order chi connectivity index (χ1) is 13.2. The van der Waals surface area contributed by atoms with Gasteiger partial charge in [-0.05, 0) is 49.4 Å². The van der Waals surface area contributed by atoms with Gasteiger partial charge in [0, 0.05) is 17.8 Å². The summed E-state index contributed by atoms with van der Waals surface area (Å²) in [6, 6.07) is 21.5. The van der Waals surface area contributed by atoms with E-state index in [1.165, 1.54) is 0 Å². The molecule has 5 nitrogen and oxygen atoms in total. The zero-order valence-electron chi connectivity index (χ0n) is 14.8. The molecule has 27 heavy (non-hydrogen) atoms. The minimum atomic E-state index is -0.229. The van der Waals surface area contributed by atoms with Gasteiger partial charge in [-0.2, -0.15) is 0 Å². The molecular weight excluding hydrogens is 340 g/mol. The summed E-state index contributed by atoms with van der Waals surface area (Å²) in [6.07, 6.45) is 0. The zero-order chi connectivity index (χ0) is 18.8. The van der Waals surface area contributed by atoms with E-state index in [2.05, 4.69) is 5.32 Å². The smallest absolute Gasteiger partial charge is 0.262 e. The van der Waals surface area contributed by atoms with E-state index in [1.54, 1.807) is 47.4 Å². The molecule has 0 spiro atoms. The third-order valence-electron chi connectivity index (χ3n) is 4.44. The number of benzene rings is 3. The molecule has 1 heterocycles. The van der Waals surface area contributed by atoms with Gasteiger partial charge < -0.3 is 15.0 Å². The molecule has 0 fully saturated rings. The van der Waals surface area contributed by atoms with Gasteiger partial charge in [-0.3, -0.25) is 9.59 Å². The van der Waals surface area contributed by atoms with E-state index in [9.17, 15) is 9.59 Å². The molecule has 4 rings (SSSR count). The minimum Gasteiger partial charge on any atom is -0.454 e. The molecule has 1 aliphatic rings. The van der Waals surface area contributed by atoms with Gasteiger partial charge in [0.05, 0.1) is 11.3 Å². The van der Waals surface area contributed by atoms with Crippen LogP contribution >= 0.6 is 0 Å². The van der Waals surface area contributed by atoms with Gasteiger partial charge in [0.2, 0.25) is 0 Å². The maximum atomic E-state index is 13.1. The molecule has 0 aromatic heterocycles. The monoisotopic (exact) mass is 358 g/mol. The molecule has 0 radical (unpaired) electrons. The highest BCUT2D eigenvalue weighted by molar-refractivity contribution is 6.11. The topological polar surface area (TPSA) is 58.6 Å². The number of nitrogens with zero attached hydrogens (tertiary/aromatic N) is 1. The molecule has 0 saturated heterocycles. The highest BCUT2D eigenvalue weighted by Crippen LogP contribution is 2.39. The van der Waals surface area contributed by atoms with Gasteiger partial charge in [-0.1, -0.05) is 30.3 Å². The first-order valence-electron chi connectivity index (χ1n) is 8.76. The second-order valence-electron chi connectivity index (χ2n) is 6.15. The molecular formula is C22H18N2O3. The molecule has 0 aliphatic carbocycles. The fourth-order valence-corrected chi connectivity index (χ4v) is 3.11. The molecule has 3 aromatic carbocycles. The fraction of sp³-hybridized carbons (Fsp3) is 0.0909. The summed E-state index contributed by atoms with van der Waals surface area (Å²) in [7, 11) is 0. The third kappa shape index (κ3) is 3.15. The van der Waals surface area contributed by atoms with Crippen LogP contribution in [-0.2, 0) is 0 Å². The Balaban J connectivity index is 1.69. The Morgan fingerprint density at radius 1 is 0.963 bits per heavy atom. The number of carbonyl (C=O) groups excluding carboxylic acids is 2. The lowest BCUT2D eigenvalue weighted by atomic mass is 10.1. The maximum absolute atomic E-state index is 13.1. The lowest BCUT2D eigenvalue weighted by Crippen LogP contribution is -2.29. The summed E-state index contributed by atoms with van der Waals surface area (Å²) in [5.74, 6) is 0.718. The van der Waals surface area contributed by atoms with E-state index in [-0.39, 0.29) is 11.8 Å². The SMILES string of the molecule is CCN1C(=O)c2cc(NC(=O)c3ccccc3)ccc2Oc2ccccc21. The van der Waals surface area contributed by atoms with Crippen molar-refractivity contribution in [1.82, 2.24) is 0 Å². The number of amides is 2. The Kier molecular flexibility index (Phi) is 4.34. The first-order valence-corrected chi connectivity index (χ1v) is 8.76. The van der Waals surface area contributed by atoms with Gasteiger partial charge in [0.25, 0.3) is 11.8 Å². The molecule has 1 N–H and O–H groups in total.